The van der Waals surface area contributed by atoms with Crippen molar-refractivity contribution in [3.8, 4) is 11.1 Å². The van der Waals surface area contributed by atoms with Gasteiger partial charge < -0.3 is 30.0 Å². The summed E-state index contributed by atoms with van der Waals surface area (Å²) in [5, 5.41) is 15.3. The van der Waals surface area contributed by atoms with Crippen molar-refractivity contribution in [1.82, 2.24) is 20.4 Å². The molecule has 7 rings (SSSR count). The number of methoxy groups -OCH3 is 1. The van der Waals surface area contributed by atoms with Crippen molar-refractivity contribution in [3.05, 3.63) is 167 Å². The summed E-state index contributed by atoms with van der Waals surface area (Å²) in [7, 11) is 1.32. The molecule has 2 amide bonds. The van der Waals surface area contributed by atoms with Crippen LogP contribution in [0.3, 0.4) is 0 Å². The molecule has 0 aliphatic carbocycles. The number of aliphatic hydroxyl groups is 1. The van der Waals surface area contributed by atoms with Gasteiger partial charge in [0, 0.05) is 64.2 Å². The van der Waals surface area contributed by atoms with Crippen LogP contribution in [-0.4, -0.2) is 78.9 Å². The lowest BCUT2D eigenvalue weighted by molar-refractivity contribution is -0.253. The number of carbonyl (C=O) groups is 2. The van der Waals surface area contributed by atoms with Crippen molar-refractivity contribution in [1.29, 1.82) is 0 Å². The number of ether oxygens (including phenoxy) is 3. The molecule has 10 nitrogen and oxygen atoms in total. The van der Waals surface area contributed by atoms with Gasteiger partial charge in [0.05, 0.1) is 25.9 Å². The summed E-state index contributed by atoms with van der Waals surface area (Å²) in [4.78, 5) is 30.4. The number of rotatable bonds is 14. The van der Waals surface area contributed by atoms with Crippen molar-refractivity contribution >= 4 is 12.0 Å². The highest BCUT2D eigenvalue weighted by Gasteiger charge is 2.34. The Kier molecular flexibility index (Phi) is 13.8. The number of hydrogen-bond donors (Lipinski definition) is 3. The lowest BCUT2D eigenvalue weighted by Gasteiger charge is -2.41. The van der Waals surface area contributed by atoms with Crippen LogP contribution in [-0.2, 0) is 45.1 Å². The molecule has 5 aromatic rings. The number of aliphatic hydroxyl groups excluding tert-OH is 1. The summed E-state index contributed by atoms with van der Waals surface area (Å²) in [5.74, 6) is -0.503. The standard InChI is InChI=1S/C47H52N4O6/c1-55-45(53)43(27-34-10-4-2-5-11-34)49-47(54)48-30-37-14-8-15-39(26-37)40-16-9-17-41(28-40)46-56-42(29-44(57-46)38-20-18-36(33-52)19-21-38)32-51-24-22-50(23-25-51)31-35-12-6-3-7-13-35/h2-21,26,28,42-44,46,52H,22-25,27,29-33H2,1H3,(H2,48,49,54). The monoisotopic (exact) mass is 768 g/mol. The van der Waals surface area contributed by atoms with Crippen molar-refractivity contribution in [2.45, 2.75) is 57.1 Å². The molecule has 10 heteroatoms. The number of piperazine rings is 1. The molecule has 0 radical (unpaired) electrons. The molecular weight excluding hydrogens is 717 g/mol. The van der Waals surface area contributed by atoms with Crippen molar-refractivity contribution in [3.63, 3.8) is 0 Å². The molecule has 2 saturated heterocycles. The minimum atomic E-state index is -0.815. The fourth-order valence-electron chi connectivity index (χ4n) is 7.60. The molecule has 2 heterocycles. The van der Waals surface area contributed by atoms with Gasteiger partial charge in [0.15, 0.2) is 6.29 Å². The topological polar surface area (TPSA) is 113 Å². The summed E-state index contributed by atoms with van der Waals surface area (Å²) in [6.45, 7) is 6.04. The molecule has 57 heavy (non-hydrogen) atoms. The van der Waals surface area contributed by atoms with Crippen molar-refractivity contribution in [2.75, 3.05) is 39.8 Å². The fraction of sp³-hybridized carbons (Fsp3) is 0.319. The quantitative estimate of drug-likeness (QED) is 0.106. The second kappa shape index (κ2) is 19.7. The summed E-state index contributed by atoms with van der Waals surface area (Å²) >= 11 is 0. The van der Waals surface area contributed by atoms with Crippen LogP contribution in [0, 0.1) is 0 Å². The van der Waals surface area contributed by atoms with Crippen LogP contribution < -0.4 is 10.6 Å². The molecule has 0 saturated carbocycles. The van der Waals surface area contributed by atoms with E-state index in [1.165, 1.54) is 12.7 Å². The highest BCUT2D eigenvalue weighted by atomic mass is 16.7. The van der Waals surface area contributed by atoms with Gasteiger partial charge in [-0.05, 0) is 51.1 Å². The average molecular weight is 769 g/mol. The third-order valence-corrected chi connectivity index (χ3v) is 10.7. The molecule has 2 aliphatic rings. The van der Waals surface area contributed by atoms with Crippen molar-refractivity contribution < 1.29 is 28.9 Å². The Morgan fingerprint density at radius 3 is 2.07 bits per heavy atom. The largest absolute Gasteiger partial charge is 0.467 e. The number of urea groups is 1. The third kappa shape index (κ3) is 11.2. The Labute approximate surface area is 335 Å². The van der Waals surface area contributed by atoms with E-state index in [0.29, 0.717) is 6.42 Å². The number of nitrogens with one attached hydrogen (secondary N) is 2. The van der Waals surface area contributed by atoms with Crippen LogP contribution in [0.5, 0.6) is 0 Å². The van der Waals surface area contributed by atoms with Gasteiger partial charge in [-0.15, -0.1) is 0 Å². The lowest BCUT2D eigenvalue weighted by atomic mass is 9.98. The molecule has 0 bridgehead atoms. The predicted octanol–water partition coefficient (Wildman–Crippen LogP) is 6.79. The summed E-state index contributed by atoms with van der Waals surface area (Å²) in [5.41, 5.74) is 8.02. The van der Waals surface area contributed by atoms with E-state index in [4.69, 9.17) is 14.2 Å². The molecular formula is C47H52N4O6. The first kappa shape index (κ1) is 39.9. The minimum absolute atomic E-state index is 0.00170. The molecule has 0 spiro atoms. The number of nitrogens with zero attached hydrogens (tertiary/aromatic N) is 2. The molecule has 4 unspecified atom stereocenters. The van der Waals surface area contributed by atoms with Crippen LogP contribution >= 0.6 is 0 Å². The number of hydrogen-bond acceptors (Lipinski definition) is 8. The summed E-state index contributed by atoms with van der Waals surface area (Å²) in [6, 6.07) is 43.2. The molecule has 0 aromatic heterocycles. The highest BCUT2D eigenvalue weighted by Crippen LogP contribution is 2.39. The minimum Gasteiger partial charge on any atom is -0.467 e. The third-order valence-electron chi connectivity index (χ3n) is 10.7. The Morgan fingerprint density at radius 2 is 1.37 bits per heavy atom. The van der Waals surface area contributed by atoms with Crippen LogP contribution in [0.2, 0.25) is 0 Å². The van der Waals surface area contributed by atoms with Gasteiger partial charge in [-0.1, -0.05) is 121 Å². The van der Waals surface area contributed by atoms with Crippen LogP contribution in [0.25, 0.3) is 11.1 Å². The van der Waals surface area contributed by atoms with E-state index in [-0.39, 0.29) is 25.4 Å². The molecule has 296 valence electrons. The van der Waals surface area contributed by atoms with E-state index >= 15 is 0 Å². The Morgan fingerprint density at radius 1 is 0.719 bits per heavy atom. The van der Waals surface area contributed by atoms with E-state index in [2.05, 4.69) is 69.0 Å². The average Bonchev–Trinajstić information content (AvgIpc) is 3.26. The normalized spacial score (nSPS) is 19.4. The van der Waals surface area contributed by atoms with Crippen LogP contribution in [0.15, 0.2) is 133 Å². The highest BCUT2D eigenvalue weighted by molar-refractivity contribution is 5.83. The first-order valence-corrected chi connectivity index (χ1v) is 19.8. The summed E-state index contributed by atoms with van der Waals surface area (Å²) in [6.07, 6.45) is 0.274. The molecule has 2 fully saturated rings. The summed E-state index contributed by atoms with van der Waals surface area (Å²) < 4.78 is 18.4. The van der Waals surface area contributed by atoms with E-state index < -0.39 is 24.3 Å². The van der Waals surface area contributed by atoms with Gasteiger partial charge in [-0.2, -0.15) is 0 Å². The zero-order valence-corrected chi connectivity index (χ0v) is 32.5. The van der Waals surface area contributed by atoms with E-state index in [0.717, 1.165) is 84.6 Å². The molecule has 5 aromatic carbocycles. The maximum Gasteiger partial charge on any atom is 0.328 e. The maximum atomic E-state index is 12.9. The van der Waals surface area contributed by atoms with E-state index in [9.17, 15) is 14.7 Å². The Hall–Kier alpha value is -5.36. The number of esters is 1. The number of carbonyl (C=O) groups excluding carboxylic acids is 2. The first-order chi connectivity index (χ1) is 27.9. The SMILES string of the molecule is COC(=O)C(Cc1ccccc1)NC(=O)NCc1cccc(-c2cccc(C3OC(CN4CCN(Cc5ccccc5)CC4)CC(c4ccc(CO)cc4)O3)c2)c1. The smallest absolute Gasteiger partial charge is 0.328 e. The van der Waals surface area contributed by atoms with E-state index in [1.54, 1.807) is 0 Å². The van der Waals surface area contributed by atoms with Gasteiger partial charge in [0.25, 0.3) is 0 Å². The van der Waals surface area contributed by atoms with Crippen molar-refractivity contribution in [2.24, 2.45) is 0 Å². The molecule has 3 N–H and O–H groups in total. The number of amides is 2. The predicted molar refractivity (Wildman–Crippen MR) is 220 cm³/mol. The Balaban J connectivity index is 1.01. The second-order valence-corrected chi connectivity index (χ2v) is 14.8. The number of benzene rings is 5. The van der Waals surface area contributed by atoms with Gasteiger partial charge in [-0.3, -0.25) is 9.80 Å². The molecule has 2 aliphatic heterocycles. The van der Waals surface area contributed by atoms with Crippen LogP contribution in [0.4, 0.5) is 4.79 Å². The van der Waals surface area contributed by atoms with E-state index in [1.807, 2.05) is 84.9 Å². The lowest BCUT2D eigenvalue weighted by Crippen LogP contribution is -2.49. The fourth-order valence-corrected chi connectivity index (χ4v) is 7.60. The zero-order chi connectivity index (χ0) is 39.4. The zero-order valence-electron chi connectivity index (χ0n) is 32.5. The van der Waals surface area contributed by atoms with Gasteiger partial charge in [0.2, 0.25) is 0 Å². The first-order valence-electron chi connectivity index (χ1n) is 19.8. The maximum absolute atomic E-state index is 12.9. The van der Waals surface area contributed by atoms with Crippen LogP contribution in [0.1, 0.15) is 52.2 Å². The second-order valence-electron chi connectivity index (χ2n) is 14.8. The van der Waals surface area contributed by atoms with Gasteiger partial charge in [-0.25, -0.2) is 9.59 Å². The molecule has 4 atom stereocenters. The Bertz CT molecular complexity index is 2040. The van der Waals surface area contributed by atoms with Gasteiger partial charge >= 0.3 is 12.0 Å². The van der Waals surface area contributed by atoms with Gasteiger partial charge in [0.1, 0.15) is 6.04 Å².